The van der Waals surface area contributed by atoms with Crippen molar-refractivity contribution >= 4 is 17.8 Å². The second-order valence-corrected chi connectivity index (χ2v) is 4.18. The Hall–Kier alpha value is -1.65. The normalized spacial score (nSPS) is 16.6. The van der Waals surface area contributed by atoms with Gasteiger partial charge >= 0.3 is 5.97 Å². The van der Waals surface area contributed by atoms with Gasteiger partial charge < -0.3 is 4.74 Å². The van der Waals surface area contributed by atoms with Crippen LogP contribution in [0.2, 0.25) is 0 Å². The number of amides is 2. The van der Waals surface area contributed by atoms with Crippen molar-refractivity contribution in [1.82, 2.24) is 4.90 Å². The summed E-state index contributed by atoms with van der Waals surface area (Å²) in [6, 6.07) is -0.819. The SMILES string of the molecule is CCC(CC)OC(=O)C(CC)N1C(=O)C=CC1=O. The molecule has 1 atom stereocenters. The molecule has 1 aliphatic rings. The Kier molecular flexibility index (Phi) is 5.07. The highest BCUT2D eigenvalue weighted by molar-refractivity contribution is 6.14. The summed E-state index contributed by atoms with van der Waals surface area (Å²) in [4.78, 5) is 36.0. The Labute approximate surface area is 107 Å². The summed E-state index contributed by atoms with van der Waals surface area (Å²) in [7, 11) is 0. The maximum atomic E-state index is 12.0. The fourth-order valence-corrected chi connectivity index (χ4v) is 1.87. The molecule has 0 aromatic rings. The smallest absolute Gasteiger partial charge is 0.329 e. The van der Waals surface area contributed by atoms with Gasteiger partial charge in [0, 0.05) is 12.2 Å². The number of hydrogen-bond donors (Lipinski definition) is 0. The summed E-state index contributed by atoms with van der Waals surface area (Å²) in [5, 5.41) is 0. The van der Waals surface area contributed by atoms with Crippen LogP contribution in [0.15, 0.2) is 12.2 Å². The monoisotopic (exact) mass is 253 g/mol. The summed E-state index contributed by atoms with van der Waals surface area (Å²) in [5.41, 5.74) is 0. The lowest BCUT2D eigenvalue weighted by atomic mass is 10.2. The predicted molar refractivity (Wildman–Crippen MR) is 65.5 cm³/mol. The minimum Gasteiger partial charge on any atom is -0.461 e. The first kappa shape index (κ1) is 14.4. The first-order valence-electron chi connectivity index (χ1n) is 6.30. The number of rotatable bonds is 6. The topological polar surface area (TPSA) is 63.7 Å². The van der Waals surface area contributed by atoms with E-state index >= 15 is 0 Å². The average Bonchev–Trinajstić information content (AvgIpc) is 2.68. The molecule has 1 heterocycles. The maximum Gasteiger partial charge on any atom is 0.329 e. The van der Waals surface area contributed by atoms with Gasteiger partial charge in [0.25, 0.3) is 11.8 Å². The molecule has 5 nitrogen and oxygen atoms in total. The Morgan fingerprint density at radius 3 is 2.00 bits per heavy atom. The van der Waals surface area contributed by atoms with E-state index in [-0.39, 0.29) is 6.10 Å². The minimum atomic E-state index is -0.819. The predicted octanol–water partition coefficient (Wildman–Crippen LogP) is 1.42. The van der Waals surface area contributed by atoms with Crippen LogP contribution < -0.4 is 0 Å². The molecule has 0 spiro atoms. The zero-order chi connectivity index (χ0) is 13.7. The highest BCUT2D eigenvalue weighted by Gasteiger charge is 2.36. The van der Waals surface area contributed by atoms with E-state index in [0.29, 0.717) is 6.42 Å². The molecule has 0 N–H and O–H groups in total. The van der Waals surface area contributed by atoms with E-state index in [9.17, 15) is 14.4 Å². The van der Waals surface area contributed by atoms with Gasteiger partial charge in [-0.2, -0.15) is 0 Å². The van der Waals surface area contributed by atoms with Crippen LogP contribution in [0.25, 0.3) is 0 Å². The molecule has 1 rings (SSSR count). The lowest BCUT2D eigenvalue weighted by molar-refractivity contribution is -0.162. The molecule has 0 aromatic carbocycles. The van der Waals surface area contributed by atoms with Gasteiger partial charge in [-0.05, 0) is 19.3 Å². The van der Waals surface area contributed by atoms with Crippen molar-refractivity contribution in [2.75, 3.05) is 0 Å². The van der Waals surface area contributed by atoms with Crippen molar-refractivity contribution in [2.24, 2.45) is 0 Å². The number of nitrogens with zero attached hydrogens (tertiary/aromatic N) is 1. The molecule has 1 unspecified atom stereocenters. The second kappa shape index (κ2) is 6.33. The van der Waals surface area contributed by atoms with E-state index in [4.69, 9.17) is 4.74 Å². The standard InChI is InChI=1S/C13H19NO4/c1-4-9(5-2)18-13(17)10(6-3)14-11(15)7-8-12(14)16/h7-10H,4-6H2,1-3H3. The molecule has 0 aromatic heterocycles. The third-order valence-electron chi connectivity index (χ3n) is 3.01. The minimum absolute atomic E-state index is 0.160. The van der Waals surface area contributed by atoms with E-state index in [1.807, 2.05) is 13.8 Å². The summed E-state index contributed by atoms with van der Waals surface area (Å²) in [6.07, 6.45) is 3.99. The third-order valence-corrected chi connectivity index (χ3v) is 3.01. The van der Waals surface area contributed by atoms with Crippen molar-refractivity contribution < 1.29 is 19.1 Å². The molecule has 1 aliphatic heterocycles. The molecule has 0 aliphatic carbocycles. The third kappa shape index (κ3) is 2.97. The van der Waals surface area contributed by atoms with Crippen molar-refractivity contribution in [3.63, 3.8) is 0 Å². The van der Waals surface area contributed by atoms with Crippen molar-refractivity contribution in [1.29, 1.82) is 0 Å². The molecule has 18 heavy (non-hydrogen) atoms. The van der Waals surface area contributed by atoms with Gasteiger partial charge in [0.15, 0.2) is 0 Å². The van der Waals surface area contributed by atoms with Crippen LogP contribution in [-0.4, -0.2) is 34.8 Å². The number of esters is 1. The highest BCUT2D eigenvalue weighted by Crippen LogP contribution is 2.15. The Morgan fingerprint density at radius 2 is 1.61 bits per heavy atom. The molecule has 0 bridgehead atoms. The summed E-state index contributed by atoms with van der Waals surface area (Å²) in [5.74, 6) is -1.40. The molecule has 0 fully saturated rings. The number of carbonyl (C=O) groups excluding carboxylic acids is 3. The Balaban J connectivity index is 2.74. The first-order chi connectivity index (χ1) is 8.54. The van der Waals surface area contributed by atoms with E-state index in [1.54, 1.807) is 6.92 Å². The zero-order valence-electron chi connectivity index (χ0n) is 11.0. The molecule has 0 saturated heterocycles. The molecule has 5 heteroatoms. The lowest BCUT2D eigenvalue weighted by Crippen LogP contribution is -2.46. The maximum absolute atomic E-state index is 12.0. The van der Waals surface area contributed by atoms with Crippen molar-refractivity contribution in [3.05, 3.63) is 12.2 Å². The zero-order valence-corrected chi connectivity index (χ0v) is 11.0. The van der Waals surface area contributed by atoms with Gasteiger partial charge in [-0.15, -0.1) is 0 Å². The molecule has 2 amide bonds. The van der Waals surface area contributed by atoms with Gasteiger partial charge in [-0.3, -0.25) is 14.5 Å². The van der Waals surface area contributed by atoms with Crippen LogP contribution in [0.4, 0.5) is 0 Å². The quantitative estimate of drug-likeness (QED) is 0.530. The number of imide groups is 1. The van der Waals surface area contributed by atoms with Gasteiger partial charge in [0.2, 0.25) is 0 Å². The van der Waals surface area contributed by atoms with Crippen molar-refractivity contribution in [2.45, 2.75) is 52.2 Å². The van der Waals surface area contributed by atoms with E-state index in [2.05, 4.69) is 0 Å². The number of ether oxygens (including phenoxy) is 1. The summed E-state index contributed by atoms with van der Waals surface area (Å²) >= 11 is 0. The van der Waals surface area contributed by atoms with Crippen LogP contribution >= 0.6 is 0 Å². The molecule has 0 radical (unpaired) electrons. The Bertz CT molecular complexity index is 353. The van der Waals surface area contributed by atoms with E-state index in [1.165, 1.54) is 12.2 Å². The van der Waals surface area contributed by atoms with Gasteiger partial charge in [0.1, 0.15) is 12.1 Å². The average molecular weight is 253 g/mol. The molecular weight excluding hydrogens is 234 g/mol. The first-order valence-corrected chi connectivity index (χ1v) is 6.30. The van der Waals surface area contributed by atoms with Crippen LogP contribution in [0.1, 0.15) is 40.0 Å². The fourth-order valence-electron chi connectivity index (χ4n) is 1.87. The van der Waals surface area contributed by atoms with E-state index < -0.39 is 23.8 Å². The summed E-state index contributed by atoms with van der Waals surface area (Å²) in [6.45, 7) is 5.60. The largest absolute Gasteiger partial charge is 0.461 e. The van der Waals surface area contributed by atoms with Crippen LogP contribution in [-0.2, 0) is 19.1 Å². The van der Waals surface area contributed by atoms with E-state index in [0.717, 1.165) is 17.7 Å². The van der Waals surface area contributed by atoms with Crippen LogP contribution in [0, 0.1) is 0 Å². The Morgan fingerprint density at radius 1 is 1.11 bits per heavy atom. The van der Waals surface area contributed by atoms with Crippen LogP contribution in [0.3, 0.4) is 0 Å². The summed E-state index contributed by atoms with van der Waals surface area (Å²) < 4.78 is 5.30. The number of hydrogen-bond acceptors (Lipinski definition) is 4. The molecule has 0 saturated carbocycles. The van der Waals surface area contributed by atoms with Crippen LogP contribution in [0.5, 0.6) is 0 Å². The van der Waals surface area contributed by atoms with Gasteiger partial charge in [0.05, 0.1) is 0 Å². The van der Waals surface area contributed by atoms with Gasteiger partial charge in [-0.1, -0.05) is 20.8 Å². The number of carbonyl (C=O) groups is 3. The lowest BCUT2D eigenvalue weighted by Gasteiger charge is -2.25. The van der Waals surface area contributed by atoms with Gasteiger partial charge in [-0.25, -0.2) is 4.79 Å². The second-order valence-electron chi connectivity index (χ2n) is 4.18. The van der Waals surface area contributed by atoms with Crippen molar-refractivity contribution in [3.8, 4) is 0 Å². The molecule has 100 valence electrons. The molecular formula is C13H19NO4. The highest BCUT2D eigenvalue weighted by atomic mass is 16.5. The fraction of sp³-hybridized carbons (Fsp3) is 0.615.